The molecule has 1 heterocycles. The zero-order valence-corrected chi connectivity index (χ0v) is 15.1. The summed E-state index contributed by atoms with van der Waals surface area (Å²) in [5, 5.41) is 26.0. The fraction of sp³-hybridized carbons (Fsp3) is 0.278. The van der Waals surface area contributed by atoms with Gasteiger partial charge in [0.1, 0.15) is 11.6 Å². The molecule has 7 nitrogen and oxygen atoms in total. The van der Waals surface area contributed by atoms with E-state index in [1.165, 1.54) is 32.0 Å². The van der Waals surface area contributed by atoms with Gasteiger partial charge in [-0.15, -0.1) is 0 Å². The first-order valence-electron chi connectivity index (χ1n) is 7.84. The molecule has 2 rings (SSSR count). The third-order valence-corrected chi connectivity index (χ3v) is 3.62. The lowest BCUT2D eigenvalue weighted by molar-refractivity contribution is -0.142. The zero-order valence-electron chi connectivity index (χ0n) is 15.1. The van der Waals surface area contributed by atoms with Crippen LogP contribution in [-0.2, 0) is 6.18 Å². The topological polar surface area (TPSA) is 123 Å². The minimum Gasteiger partial charge on any atom is -0.490 e. The Hall–Kier alpha value is -3.48. The highest BCUT2D eigenvalue weighted by molar-refractivity contribution is 5.96. The largest absolute Gasteiger partial charge is 0.490 e. The van der Waals surface area contributed by atoms with Gasteiger partial charge in [-0.25, -0.2) is 9.59 Å². The molecule has 0 amide bonds. The van der Waals surface area contributed by atoms with Gasteiger partial charge in [-0.2, -0.15) is 18.4 Å². The molecule has 150 valence electrons. The molecule has 1 aromatic carbocycles. The van der Waals surface area contributed by atoms with Crippen LogP contribution < -0.4 is 4.74 Å². The van der Waals surface area contributed by atoms with Crippen LogP contribution in [0.4, 0.5) is 13.2 Å². The van der Waals surface area contributed by atoms with Crippen LogP contribution in [0.2, 0.25) is 0 Å². The number of rotatable bonds is 4. The fourth-order valence-electron chi connectivity index (χ4n) is 2.32. The second kappa shape index (κ2) is 8.94. The lowest BCUT2D eigenvalue weighted by Crippen LogP contribution is -2.08. The number of ether oxygens (including phenoxy) is 1. The van der Waals surface area contributed by atoms with Crippen LogP contribution in [0.15, 0.2) is 18.2 Å². The van der Waals surface area contributed by atoms with Gasteiger partial charge < -0.3 is 19.9 Å². The second-order valence-electron chi connectivity index (χ2n) is 5.46. The number of aromatic nitrogens is 1. The number of carboxylic acid groups (broad SMARTS) is 2. The molecule has 0 spiro atoms. The maximum absolute atomic E-state index is 12.5. The number of halogens is 3. The van der Waals surface area contributed by atoms with Crippen LogP contribution in [0.3, 0.4) is 0 Å². The summed E-state index contributed by atoms with van der Waals surface area (Å²) in [6.07, 6.45) is -4.54. The van der Waals surface area contributed by atoms with E-state index >= 15 is 0 Å². The number of aryl methyl sites for hydroxylation is 1. The summed E-state index contributed by atoms with van der Waals surface area (Å²) in [5.41, 5.74) is -0.599. The van der Waals surface area contributed by atoms with Crippen LogP contribution >= 0.6 is 0 Å². The number of nitriles is 1. The highest BCUT2D eigenvalue weighted by Gasteiger charge is 2.38. The lowest BCUT2D eigenvalue weighted by atomic mass is 10.0. The van der Waals surface area contributed by atoms with Crippen LogP contribution in [0.5, 0.6) is 5.75 Å². The van der Waals surface area contributed by atoms with Gasteiger partial charge in [0.15, 0.2) is 11.4 Å². The zero-order chi connectivity index (χ0) is 21.6. The molecule has 0 atom stereocenters. The summed E-state index contributed by atoms with van der Waals surface area (Å²) in [6, 6.07) is 5.86. The van der Waals surface area contributed by atoms with Gasteiger partial charge >= 0.3 is 18.1 Å². The second-order valence-corrected chi connectivity index (χ2v) is 5.46. The molecule has 0 unspecified atom stereocenters. The van der Waals surface area contributed by atoms with E-state index in [-0.39, 0.29) is 34.6 Å². The van der Waals surface area contributed by atoms with E-state index in [4.69, 9.17) is 20.2 Å². The minimum absolute atomic E-state index is 0.0277. The van der Waals surface area contributed by atoms with Gasteiger partial charge in [0, 0.05) is 5.69 Å². The smallest absolute Gasteiger partial charge is 0.434 e. The quantitative estimate of drug-likeness (QED) is 0.715. The summed E-state index contributed by atoms with van der Waals surface area (Å²) in [5.74, 6) is -2.63. The summed E-state index contributed by atoms with van der Waals surface area (Å²) in [7, 11) is 0. The standard InChI is InChI=1S/C9H9F3N2O.C9H8O4/c1-3-15-7-6(4-13)5(2)14-8(7)9(10,11)12;1-5-6(8(10)11)3-2-4-7(5)9(12)13/h14H,3H2,1-2H3;2-4H,1H3,(H,10,11)(H,12,13). The predicted octanol–water partition coefficient (Wildman–Crippen LogP) is 4.00. The van der Waals surface area contributed by atoms with Crippen LogP contribution in [0.25, 0.3) is 0 Å². The SMILES string of the molecule is CCOc1c(C(F)(F)F)[nH]c(C)c1C#N.Cc1c(C(=O)O)cccc1C(=O)O. The Bertz CT molecular complexity index is 894. The molecule has 0 aliphatic rings. The van der Waals surface area contributed by atoms with Crippen molar-refractivity contribution >= 4 is 11.9 Å². The molecular weight excluding hydrogens is 381 g/mol. The number of nitrogens with zero attached hydrogens (tertiary/aromatic N) is 1. The fourth-order valence-corrected chi connectivity index (χ4v) is 2.32. The van der Waals surface area contributed by atoms with Gasteiger partial charge in [-0.3, -0.25) is 0 Å². The van der Waals surface area contributed by atoms with Gasteiger partial charge in [0.05, 0.1) is 17.7 Å². The molecule has 0 bridgehead atoms. The first-order chi connectivity index (χ1) is 12.9. The monoisotopic (exact) mass is 398 g/mol. The van der Waals surface area contributed by atoms with E-state index in [0.29, 0.717) is 0 Å². The van der Waals surface area contributed by atoms with Crippen LogP contribution in [0, 0.1) is 25.2 Å². The van der Waals surface area contributed by atoms with E-state index < -0.39 is 29.6 Å². The normalized spacial score (nSPS) is 10.5. The summed E-state index contributed by atoms with van der Waals surface area (Å²) >= 11 is 0. The maximum atomic E-state index is 12.5. The molecule has 0 fully saturated rings. The number of carboxylic acids is 2. The lowest BCUT2D eigenvalue weighted by Gasteiger charge is -2.08. The number of carbonyl (C=O) groups is 2. The number of alkyl halides is 3. The molecule has 2 aromatic rings. The summed E-state index contributed by atoms with van der Waals surface area (Å²) in [4.78, 5) is 23.3. The predicted molar refractivity (Wildman–Crippen MR) is 91.5 cm³/mol. The third kappa shape index (κ3) is 5.03. The van der Waals surface area contributed by atoms with Gasteiger partial charge in [0.2, 0.25) is 0 Å². The van der Waals surface area contributed by atoms with Crippen molar-refractivity contribution in [2.45, 2.75) is 26.9 Å². The Morgan fingerprint density at radius 3 is 2.04 bits per heavy atom. The maximum Gasteiger partial charge on any atom is 0.434 e. The Morgan fingerprint density at radius 1 is 1.18 bits per heavy atom. The molecule has 0 saturated heterocycles. The molecule has 0 radical (unpaired) electrons. The van der Waals surface area contributed by atoms with Crippen molar-refractivity contribution in [3.8, 4) is 11.8 Å². The van der Waals surface area contributed by atoms with Crippen molar-refractivity contribution in [3.63, 3.8) is 0 Å². The number of hydrogen-bond acceptors (Lipinski definition) is 4. The van der Waals surface area contributed by atoms with E-state index in [2.05, 4.69) is 4.98 Å². The Labute approximate surface area is 158 Å². The van der Waals surface area contributed by atoms with E-state index in [9.17, 15) is 22.8 Å². The average Bonchev–Trinajstić information content (AvgIpc) is 2.91. The van der Waals surface area contributed by atoms with Crippen molar-refractivity contribution in [2.24, 2.45) is 0 Å². The number of benzene rings is 1. The Morgan fingerprint density at radius 2 is 1.68 bits per heavy atom. The third-order valence-electron chi connectivity index (χ3n) is 3.62. The van der Waals surface area contributed by atoms with E-state index in [0.717, 1.165) is 0 Å². The molecular formula is C18H17F3N2O5. The molecule has 1 aromatic heterocycles. The van der Waals surface area contributed by atoms with E-state index in [1.54, 1.807) is 13.0 Å². The number of nitrogens with one attached hydrogen (secondary N) is 1. The Kier molecular flexibility index (Phi) is 7.21. The molecule has 3 N–H and O–H groups in total. The average molecular weight is 398 g/mol. The van der Waals surface area contributed by atoms with Crippen molar-refractivity contribution in [2.75, 3.05) is 6.61 Å². The van der Waals surface area contributed by atoms with Crippen molar-refractivity contribution in [1.82, 2.24) is 4.98 Å². The number of aromatic carboxylic acids is 2. The first-order valence-corrected chi connectivity index (χ1v) is 7.84. The van der Waals surface area contributed by atoms with Crippen LogP contribution in [-0.4, -0.2) is 33.7 Å². The van der Waals surface area contributed by atoms with Crippen molar-refractivity contribution in [1.29, 1.82) is 5.26 Å². The van der Waals surface area contributed by atoms with Crippen molar-refractivity contribution in [3.05, 3.63) is 51.8 Å². The number of aromatic amines is 1. The first kappa shape index (κ1) is 22.6. The van der Waals surface area contributed by atoms with Crippen molar-refractivity contribution < 1.29 is 37.7 Å². The molecule has 0 aliphatic heterocycles. The molecule has 0 saturated carbocycles. The van der Waals surface area contributed by atoms with Gasteiger partial charge in [-0.1, -0.05) is 6.07 Å². The number of hydrogen-bond donors (Lipinski definition) is 3. The van der Waals surface area contributed by atoms with E-state index in [1.807, 2.05) is 0 Å². The summed E-state index contributed by atoms with van der Waals surface area (Å²) in [6.45, 7) is 4.52. The molecule has 28 heavy (non-hydrogen) atoms. The molecule has 10 heteroatoms. The highest BCUT2D eigenvalue weighted by atomic mass is 19.4. The van der Waals surface area contributed by atoms with Crippen LogP contribution in [0.1, 0.15) is 50.2 Å². The number of H-pyrrole nitrogens is 1. The highest BCUT2D eigenvalue weighted by Crippen LogP contribution is 2.38. The Balaban J connectivity index is 0.000000283. The van der Waals surface area contributed by atoms with Gasteiger partial charge in [0.25, 0.3) is 0 Å². The van der Waals surface area contributed by atoms with Gasteiger partial charge in [-0.05, 0) is 38.5 Å². The summed E-state index contributed by atoms with van der Waals surface area (Å²) < 4.78 is 42.3. The minimum atomic E-state index is -4.54. The molecule has 0 aliphatic carbocycles.